The zero-order valence-corrected chi connectivity index (χ0v) is 18.4. The second-order valence-corrected chi connectivity index (χ2v) is 7.36. The van der Waals surface area contributed by atoms with Gasteiger partial charge in [-0.15, -0.1) is 4.80 Å². The van der Waals surface area contributed by atoms with E-state index in [1.165, 1.54) is 48.7 Å². The van der Waals surface area contributed by atoms with Crippen molar-refractivity contribution in [2.24, 2.45) is 0 Å². The number of hydrogen-bond acceptors (Lipinski definition) is 6. The van der Waals surface area contributed by atoms with Crippen molar-refractivity contribution >= 4 is 23.2 Å². The predicted octanol–water partition coefficient (Wildman–Crippen LogP) is 4.10. The van der Waals surface area contributed by atoms with Gasteiger partial charge in [0.1, 0.15) is 17.0 Å². The van der Waals surface area contributed by atoms with Crippen LogP contribution in [-0.2, 0) is 17.5 Å². The van der Waals surface area contributed by atoms with Gasteiger partial charge in [0.2, 0.25) is 0 Å². The van der Waals surface area contributed by atoms with Gasteiger partial charge in [0.25, 0.3) is 5.91 Å². The summed E-state index contributed by atoms with van der Waals surface area (Å²) in [7, 11) is 1.40. The van der Waals surface area contributed by atoms with Crippen LogP contribution in [0, 0.1) is 0 Å². The average molecular weight is 492 g/mol. The number of halogens is 4. The molecule has 4 aromatic rings. The summed E-state index contributed by atoms with van der Waals surface area (Å²) >= 11 is 6.21. The third-order valence-corrected chi connectivity index (χ3v) is 4.97. The van der Waals surface area contributed by atoms with Crippen LogP contribution in [0.2, 0.25) is 5.02 Å². The third-order valence-electron chi connectivity index (χ3n) is 4.69. The summed E-state index contributed by atoms with van der Waals surface area (Å²) in [6.07, 6.45) is -0.756. The van der Waals surface area contributed by atoms with Crippen molar-refractivity contribution in [1.29, 1.82) is 0 Å². The van der Waals surface area contributed by atoms with E-state index in [0.717, 1.165) is 4.68 Å². The van der Waals surface area contributed by atoms with Crippen molar-refractivity contribution in [3.05, 3.63) is 71.3 Å². The first kappa shape index (κ1) is 23.4. The van der Waals surface area contributed by atoms with Crippen LogP contribution >= 0.6 is 11.6 Å². The first-order valence-electron chi connectivity index (χ1n) is 9.85. The van der Waals surface area contributed by atoms with E-state index in [1.807, 2.05) is 0 Å². The maximum atomic E-state index is 14.2. The number of nitrogens with one attached hydrogen (secondary N) is 1. The maximum Gasteiger partial charge on any atom is 0.420 e. The Bertz CT molecular complexity index is 1290. The average Bonchev–Trinajstić information content (AvgIpc) is 3.46. The van der Waals surface area contributed by atoms with Crippen molar-refractivity contribution in [3.63, 3.8) is 0 Å². The number of carbonyl (C=O) groups excluding carboxylic acids is 1. The Labute approximate surface area is 196 Å². The minimum absolute atomic E-state index is 0.0481. The molecule has 13 heteroatoms. The molecule has 0 radical (unpaired) electrons. The lowest BCUT2D eigenvalue weighted by molar-refractivity contribution is -0.137. The minimum Gasteiger partial charge on any atom is -0.383 e. The van der Waals surface area contributed by atoms with E-state index < -0.39 is 23.3 Å². The highest BCUT2D eigenvalue weighted by Gasteiger charge is 2.42. The van der Waals surface area contributed by atoms with Crippen LogP contribution in [0.5, 0.6) is 0 Å². The molecule has 176 valence electrons. The Morgan fingerprint density at radius 3 is 2.50 bits per heavy atom. The Morgan fingerprint density at radius 1 is 1.18 bits per heavy atom. The first-order chi connectivity index (χ1) is 16.3. The van der Waals surface area contributed by atoms with Crippen molar-refractivity contribution in [2.45, 2.75) is 12.7 Å². The number of amides is 1. The number of aromatic nitrogens is 6. The highest BCUT2D eigenvalue weighted by molar-refractivity contribution is 6.32. The smallest absolute Gasteiger partial charge is 0.383 e. The summed E-state index contributed by atoms with van der Waals surface area (Å²) in [5.41, 5.74) is -1.85. The maximum absolute atomic E-state index is 14.2. The summed E-state index contributed by atoms with van der Waals surface area (Å²) < 4.78 is 48.5. The Hall–Kier alpha value is -3.77. The molecule has 1 N–H and O–H groups in total. The Balaban J connectivity index is 1.75. The Morgan fingerprint density at radius 2 is 1.88 bits per heavy atom. The topological polar surface area (TPSA) is 99.8 Å². The molecule has 1 amide bonds. The quantitative estimate of drug-likeness (QED) is 0.418. The van der Waals surface area contributed by atoms with E-state index >= 15 is 0 Å². The molecule has 3 aromatic heterocycles. The fraction of sp³-hybridized carbons (Fsp3) is 0.190. The molecule has 3 heterocycles. The number of methoxy groups -OCH3 is 1. The first-order valence-corrected chi connectivity index (χ1v) is 10.2. The third kappa shape index (κ3) is 4.77. The molecule has 4 rings (SSSR count). The summed E-state index contributed by atoms with van der Waals surface area (Å²) in [6, 6.07) is 9.18. The van der Waals surface area contributed by atoms with E-state index in [9.17, 15) is 18.0 Å². The molecule has 0 unspecified atom stereocenters. The van der Waals surface area contributed by atoms with E-state index in [-0.39, 0.29) is 40.9 Å². The molecule has 0 bridgehead atoms. The number of nitrogens with zero attached hydrogens (tertiary/aromatic N) is 6. The summed E-state index contributed by atoms with van der Waals surface area (Å²) in [4.78, 5) is 18.4. The second-order valence-electron chi connectivity index (χ2n) is 6.95. The number of carbonyl (C=O) groups is 1. The van der Waals surface area contributed by atoms with E-state index in [2.05, 4.69) is 25.6 Å². The lowest BCUT2D eigenvalue weighted by Gasteiger charge is -2.13. The fourth-order valence-corrected chi connectivity index (χ4v) is 3.50. The van der Waals surface area contributed by atoms with Gasteiger partial charge in [-0.25, -0.2) is 4.98 Å². The van der Waals surface area contributed by atoms with Gasteiger partial charge in [0, 0.05) is 12.7 Å². The molecule has 0 aliphatic rings. The van der Waals surface area contributed by atoms with Gasteiger partial charge in [0.05, 0.1) is 42.5 Å². The summed E-state index contributed by atoms with van der Waals surface area (Å²) in [5, 5.41) is 14.5. The normalized spacial score (nSPS) is 11.6. The van der Waals surface area contributed by atoms with Crippen molar-refractivity contribution in [2.75, 3.05) is 19.0 Å². The number of pyridine rings is 1. The Kier molecular flexibility index (Phi) is 6.61. The summed E-state index contributed by atoms with van der Waals surface area (Å²) in [5.74, 6) is -0.835. The molecule has 9 nitrogen and oxygen atoms in total. The number of anilines is 1. The number of rotatable bonds is 7. The lowest BCUT2D eigenvalue weighted by Crippen LogP contribution is -2.23. The second kappa shape index (κ2) is 9.61. The number of hydrogen-bond donors (Lipinski definition) is 1. The van der Waals surface area contributed by atoms with Crippen LogP contribution in [0.1, 0.15) is 16.1 Å². The molecule has 0 atom stereocenters. The standard InChI is InChI=1S/C21H17ClF3N7O2/c1-34-10-9-31-18(16(21(23,24)25)17(30-31)13-5-3-2-4-6-13)20(33)29-14-11-15(22)19(26-12-14)32-27-7-8-28-32/h2-8,11-12H,9-10H2,1H3,(H,29,33). The van der Waals surface area contributed by atoms with Gasteiger partial charge in [-0.2, -0.15) is 28.5 Å². The lowest BCUT2D eigenvalue weighted by atomic mass is 10.0. The van der Waals surface area contributed by atoms with E-state index in [4.69, 9.17) is 16.3 Å². The van der Waals surface area contributed by atoms with E-state index in [1.54, 1.807) is 18.2 Å². The van der Waals surface area contributed by atoms with Gasteiger partial charge in [-0.1, -0.05) is 41.9 Å². The number of benzene rings is 1. The predicted molar refractivity (Wildman–Crippen MR) is 117 cm³/mol. The largest absolute Gasteiger partial charge is 0.420 e. The SMILES string of the molecule is COCCn1nc(-c2ccccc2)c(C(F)(F)F)c1C(=O)Nc1cnc(-n2nccn2)c(Cl)c1. The molecule has 0 saturated carbocycles. The molecule has 0 spiro atoms. The number of ether oxygens (including phenoxy) is 1. The zero-order chi connectivity index (χ0) is 24.3. The van der Waals surface area contributed by atoms with Crippen molar-refractivity contribution in [3.8, 4) is 17.1 Å². The number of alkyl halides is 3. The monoisotopic (exact) mass is 491 g/mol. The highest BCUT2D eigenvalue weighted by atomic mass is 35.5. The molecule has 0 aliphatic carbocycles. The van der Waals surface area contributed by atoms with Crippen molar-refractivity contribution in [1.82, 2.24) is 29.8 Å². The molecular weight excluding hydrogens is 475 g/mol. The summed E-state index contributed by atoms with van der Waals surface area (Å²) in [6.45, 7) is -0.0233. The highest BCUT2D eigenvalue weighted by Crippen LogP contribution is 2.39. The van der Waals surface area contributed by atoms with Crippen LogP contribution in [0.4, 0.5) is 18.9 Å². The molecular formula is C21H17ClF3N7O2. The molecule has 0 fully saturated rings. The van der Waals surface area contributed by atoms with Crippen molar-refractivity contribution < 1.29 is 22.7 Å². The fourth-order valence-electron chi connectivity index (χ4n) is 3.26. The van der Waals surface area contributed by atoms with Gasteiger partial charge in [0.15, 0.2) is 5.82 Å². The van der Waals surface area contributed by atoms with Crippen LogP contribution in [0.3, 0.4) is 0 Å². The zero-order valence-electron chi connectivity index (χ0n) is 17.6. The van der Waals surface area contributed by atoms with Gasteiger partial charge >= 0.3 is 6.18 Å². The van der Waals surface area contributed by atoms with E-state index in [0.29, 0.717) is 0 Å². The minimum atomic E-state index is -4.85. The molecule has 1 aromatic carbocycles. The van der Waals surface area contributed by atoms with Crippen LogP contribution in [0.15, 0.2) is 55.0 Å². The van der Waals surface area contributed by atoms with Crippen LogP contribution in [-0.4, -0.2) is 49.4 Å². The van der Waals surface area contributed by atoms with Gasteiger partial charge < -0.3 is 10.1 Å². The van der Waals surface area contributed by atoms with Gasteiger partial charge in [-0.3, -0.25) is 9.48 Å². The van der Waals surface area contributed by atoms with Crippen LogP contribution < -0.4 is 5.32 Å². The molecule has 0 aliphatic heterocycles. The molecule has 0 saturated heterocycles. The van der Waals surface area contributed by atoms with Gasteiger partial charge in [-0.05, 0) is 6.07 Å². The van der Waals surface area contributed by atoms with Crippen LogP contribution in [0.25, 0.3) is 17.1 Å². The molecule has 34 heavy (non-hydrogen) atoms.